The van der Waals surface area contributed by atoms with Crippen molar-refractivity contribution in [3.05, 3.63) is 63.2 Å². The summed E-state index contributed by atoms with van der Waals surface area (Å²) in [6, 6.07) is 10.8. The lowest BCUT2D eigenvalue weighted by Crippen LogP contribution is -2.25. The third kappa shape index (κ3) is 3.92. The molecule has 4 rings (SSSR count). The zero-order chi connectivity index (χ0) is 21.1. The summed E-state index contributed by atoms with van der Waals surface area (Å²) in [5.74, 6) is 1.93. The van der Waals surface area contributed by atoms with E-state index in [-0.39, 0.29) is 11.5 Å². The second kappa shape index (κ2) is 8.88. The number of hydrogen-bond acceptors (Lipinski definition) is 5. The molecule has 0 radical (unpaired) electrons. The number of aromatic nitrogens is 2. The van der Waals surface area contributed by atoms with Gasteiger partial charge < -0.3 is 9.47 Å². The van der Waals surface area contributed by atoms with Gasteiger partial charge in [0.25, 0.3) is 5.56 Å². The molecule has 1 fully saturated rings. The van der Waals surface area contributed by atoms with Gasteiger partial charge in [0.1, 0.15) is 5.82 Å². The van der Waals surface area contributed by atoms with E-state index in [1.54, 1.807) is 38.6 Å². The first-order valence-corrected chi connectivity index (χ1v) is 10.5. The molecule has 2 aromatic carbocycles. The van der Waals surface area contributed by atoms with Gasteiger partial charge in [0.05, 0.1) is 31.3 Å². The van der Waals surface area contributed by atoms with Gasteiger partial charge in [0.15, 0.2) is 11.5 Å². The van der Waals surface area contributed by atoms with Crippen LogP contribution in [0.2, 0.25) is 5.02 Å². The molecule has 30 heavy (non-hydrogen) atoms. The molecule has 6 nitrogen and oxygen atoms in total. The van der Waals surface area contributed by atoms with Crippen molar-refractivity contribution in [3.63, 3.8) is 0 Å². The number of hydrogen-bond donors (Lipinski definition) is 0. The molecule has 3 aromatic rings. The minimum absolute atomic E-state index is 0.176. The van der Waals surface area contributed by atoms with Gasteiger partial charge in [0.2, 0.25) is 0 Å². The number of nitrogens with zero attached hydrogens (tertiary/aromatic N) is 3. The molecule has 0 aliphatic heterocycles. The van der Waals surface area contributed by atoms with Crippen molar-refractivity contribution in [2.24, 2.45) is 5.10 Å². The average Bonchev–Trinajstić information content (AvgIpc) is 2.78. The van der Waals surface area contributed by atoms with Crippen molar-refractivity contribution < 1.29 is 9.47 Å². The molecule has 0 saturated heterocycles. The Morgan fingerprint density at radius 3 is 2.63 bits per heavy atom. The Balaban J connectivity index is 1.87. The summed E-state index contributed by atoms with van der Waals surface area (Å²) in [6.07, 6.45) is 7.09. The van der Waals surface area contributed by atoms with Gasteiger partial charge >= 0.3 is 0 Å². The number of halogens is 1. The monoisotopic (exact) mass is 425 g/mol. The lowest BCUT2D eigenvalue weighted by Gasteiger charge is -2.22. The first-order valence-electron chi connectivity index (χ1n) is 10.1. The minimum atomic E-state index is -0.176. The van der Waals surface area contributed by atoms with E-state index in [0.717, 1.165) is 25.7 Å². The third-order valence-corrected chi connectivity index (χ3v) is 5.75. The Hall–Kier alpha value is -2.86. The zero-order valence-corrected chi connectivity index (χ0v) is 17.9. The van der Waals surface area contributed by atoms with Crippen molar-refractivity contribution in [2.45, 2.75) is 38.0 Å². The molecule has 0 atom stereocenters. The van der Waals surface area contributed by atoms with E-state index in [9.17, 15) is 4.79 Å². The van der Waals surface area contributed by atoms with Crippen LogP contribution >= 0.6 is 11.6 Å². The fraction of sp³-hybridized carbons (Fsp3) is 0.348. The van der Waals surface area contributed by atoms with E-state index in [2.05, 4.69) is 5.10 Å². The lowest BCUT2D eigenvalue weighted by molar-refractivity contribution is 0.354. The Kier molecular flexibility index (Phi) is 6.04. The Morgan fingerprint density at radius 1 is 1.13 bits per heavy atom. The minimum Gasteiger partial charge on any atom is -0.493 e. The van der Waals surface area contributed by atoms with Crippen molar-refractivity contribution in [3.8, 4) is 11.5 Å². The van der Waals surface area contributed by atoms with Crippen LogP contribution < -0.4 is 15.0 Å². The molecule has 156 valence electrons. The van der Waals surface area contributed by atoms with Crippen LogP contribution in [0.1, 0.15) is 49.4 Å². The van der Waals surface area contributed by atoms with E-state index in [1.165, 1.54) is 11.1 Å². The highest BCUT2D eigenvalue weighted by atomic mass is 35.5. The topological polar surface area (TPSA) is 65.7 Å². The molecule has 1 aliphatic rings. The highest BCUT2D eigenvalue weighted by Gasteiger charge is 2.22. The van der Waals surface area contributed by atoms with Crippen molar-refractivity contribution >= 4 is 28.7 Å². The van der Waals surface area contributed by atoms with Gasteiger partial charge in [-0.15, -0.1) is 0 Å². The molecular formula is C23H24ClN3O3. The third-order valence-electron chi connectivity index (χ3n) is 5.53. The molecule has 0 amide bonds. The van der Waals surface area contributed by atoms with Gasteiger partial charge in [-0.2, -0.15) is 9.78 Å². The van der Waals surface area contributed by atoms with Crippen LogP contribution in [0, 0.1) is 0 Å². The van der Waals surface area contributed by atoms with Crippen molar-refractivity contribution in [1.29, 1.82) is 0 Å². The summed E-state index contributed by atoms with van der Waals surface area (Å²) in [7, 11) is 3.11. The molecule has 1 heterocycles. The summed E-state index contributed by atoms with van der Waals surface area (Å²) in [5, 5.41) is 5.59. The molecule has 0 spiro atoms. The highest BCUT2D eigenvalue weighted by molar-refractivity contribution is 6.31. The van der Waals surface area contributed by atoms with E-state index in [0.29, 0.717) is 38.8 Å². The predicted molar refractivity (Wildman–Crippen MR) is 119 cm³/mol. The van der Waals surface area contributed by atoms with Crippen LogP contribution in [0.5, 0.6) is 11.5 Å². The van der Waals surface area contributed by atoms with E-state index >= 15 is 0 Å². The van der Waals surface area contributed by atoms with Gasteiger partial charge in [-0.05, 0) is 31.0 Å². The van der Waals surface area contributed by atoms with Crippen molar-refractivity contribution in [1.82, 2.24) is 9.66 Å². The Morgan fingerprint density at radius 2 is 1.90 bits per heavy atom. The summed E-state index contributed by atoms with van der Waals surface area (Å²) < 4.78 is 12.3. The number of para-hydroxylation sites is 1. The first kappa shape index (κ1) is 20.4. The highest BCUT2D eigenvalue weighted by Crippen LogP contribution is 2.34. The van der Waals surface area contributed by atoms with Crippen LogP contribution in [-0.4, -0.2) is 30.1 Å². The maximum absolute atomic E-state index is 13.3. The van der Waals surface area contributed by atoms with E-state index in [4.69, 9.17) is 26.1 Å². The maximum atomic E-state index is 13.3. The van der Waals surface area contributed by atoms with Gasteiger partial charge in [-0.3, -0.25) is 4.79 Å². The normalized spacial score (nSPS) is 15.0. The average molecular weight is 426 g/mol. The quantitative estimate of drug-likeness (QED) is 0.540. The number of rotatable bonds is 5. The molecule has 7 heteroatoms. The largest absolute Gasteiger partial charge is 0.493 e. The van der Waals surface area contributed by atoms with Gasteiger partial charge in [0, 0.05) is 22.6 Å². The maximum Gasteiger partial charge on any atom is 0.282 e. The number of fused-ring (bicyclic) bond motifs is 1. The fourth-order valence-corrected chi connectivity index (χ4v) is 4.27. The van der Waals surface area contributed by atoms with Gasteiger partial charge in [-0.25, -0.2) is 4.98 Å². The second-order valence-corrected chi connectivity index (χ2v) is 7.85. The first-order chi connectivity index (χ1) is 14.6. The molecular weight excluding hydrogens is 402 g/mol. The SMILES string of the molecule is COc1cc(Cl)cc(C=Nn2c(C3CCCCC3)nc3ccccc3c2=O)c1OC. The number of benzene rings is 2. The molecule has 1 aromatic heterocycles. The molecule has 1 saturated carbocycles. The predicted octanol–water partition coefficient (Wildman–Crippen LogP) is 5.00. The molecule has 0 N–H and O–H groups in total. The number of methoxy groups -OCH3 is 2. The summed E-state index contributed by atoms with van der Waals surface area (Å²) in [6.45, 7) is 0. The fourth-order valence-electron chi connectivity index (χ4n) is 4.05. The van der Waals surface area contributed by atoms with Gasteiger partial charge in [-0.1, -0.05) is 43.0 Å². The summed E-state index contributed by atoms with van der Waals surface area (Å²) in [5.41, 5.74) is 1.15. The van der Waals surface area contributed by atoms with Crippen LogP contribution in [-0.2, 0) is 0 Å². The Bertz CT molecular complexity index is 1150. The smallest absolute Gasteiger partial charge is 0.282 e. The lowest BCUT2D eigenvalue weighted by atomic mass is 9.88. The summed E-state index contributed by atoms with van der Waals surface area (Å²) in [4.78, 5) is 18.1. The molecule has 1 aliphatic carbocycles. The molecule has 0 unspecified atom stereocenters. The number of ether oxygens (including phenoxy) is 2. The van der Waals surface area contributed by atoms with E-state index < -0.39 is 0 Å². The second-order valence-electron chi connectivity index (χ2n) is 7.41. The van der Waals surface area contributed by atoms with Crippen LogP contribution in [0.3, 0.4) is 0 Å². The van der Waals surface area contributed by atoms with Crippen LogP contribution in [0.4, 0.5) is 0 Å². The summed E-state index contributed by atoms with van der Waals surface area (Å²) >= 11 is 6.22. The Labute approximate surface area is 180 Å². The molecule has 0 bridgehead atoms. The standard InChI is InChI=1S/C23H24ClN3O3/c1-29-20-13-17(24)12-16(21(20)30-2)14-25-27-22(15-8-4-3-5-9-15)26-19-11-7-6-10-18(19)23(27)28/h6-7,10-15H,3-5,8-9H2,1-2H3. The zero-order valence-electron chi connectivity index (χ0n) is 17.1. The van der Waals surface area contributed by atoms with Crippen LogP contribution in [0.15, 0.2) is 46.3 Å². The van der Waals surface area contributed by atoms with E-state index in [1.807, 2.05) is 18.2 Å². The van der Waals surface area contributed by atoms with Crippen molar-refractivity contribution in [2.75, 3.05) is 14.2 Å². The van der Waals surface area contributed by atoms with Crippen LogP contribution in [0.25, 0.3) is 10.9 Å².